The number of fused-ring (bicyclic) bond motifs is 1. The van der Waals surface area contributed by atoms with E-state index in [9.17, 15) is 14.4 Å². The Morgan fingerprint density at radius 1 is 1.18 bits per heavy atom. The van der Waals surface area contributed by atoms with Gasteiger partial charge in [-0.25, -0.2) is 4.79 Å². The van der Waals surface area contributed by atoms with Crippen molar-refractivity contribution in [2.75, 3.05) is 13.2 Å². The third-order valence-corrected chi connectivity index (χ3v) is 5.38. The monoisotopic (exact) mass is 378 g/mol. The summed E-state index contributed by atoms with van der Waals surface area (Å²) in [6.07, 6.45) is 1.95. The van der Waals surface area contributed by atoms with Crippen LogP contribution in [-0.4, -0.2) is 35.8 Å². The number of nitrogens with zero attached hydrogens (tertiary/aromatic N) is 1. The van der Waals surface area contributed by atoms with Crippen molar-refractivity contribution in [3.63, 3.8) is 0 Å². The number of ketones is 1. The molecule has 2 aromatic carbocycles. The van der Waals surface area contributed by atoms with Gasteiger partial charge in [-0.15, -0.1) is 0 Å². The lowest BCUT2D eigenvalue weighted by atomic mass is 9.85. The maximum absolute atomic E-state index is 13.3. The van der Waals surface area contributed by atoms with Crippen molar-refractivity contribution in [2.45, 2.75) is 31.7 Å². The Bertz CT molecular complexity index is 941. The molecule has 0 bridgehead atoms. The van der Waals surface area contributed by atoms with Crippen LogP contribution in [0.4, 0.5) is 4.79 Å². The van der Waals surface area contributed by atoms with Gasteiger partial charge in [0.25, 0.3) is 5.91 Å². The third-order valence-electron chi connectivity index (χ3n) is 5.38. The number of nitrogens with one attached hydrogen (secondary N) is 1. The molecule has 6 nitrogen and oxygen atoms in total. The summed E-state index contributed by atoms with van der Waals surface area (Å²) in [5.41, 5.74) is 1.09. The van der Waals surface area contributed by atoms with E-state index >= 15 is 0 Å². The maximum Gasteiger partial charge on any atom is 0.325 e. The summed E-state index contributed by atoms with van der Waals surface area (Å²) in [4.78, 5) is 39.7. The summed E-state index contributed by atoms with van der Waals surface area (Å²) in [6, 6.07) is 13.9. The highest BCUT2D eigenvalue weighted by molar-refractivity contribution is 6.11. The van der Waals surface area contributed by atoms with E-state index in [4.69, 9.17) is 4.74 Å². The minimum atomic E-state index is -1.11. The van der Waals surface area contributed by atoms with Gasteiger partial charge in [-0.1, -0.05) is 43.7 Å². The largest absolute Gasteiger partial charge is 0.493 e. The van der Waals surface area contributed by atoms with Crippen LogP contribution in [0.1, 0.15) is 41.3 Å². The second-order valence-corrected chi connectivity index (χ2v) is 7.19. The molecule has 0 saturated carbocycles. The molecule has 144 valence electrons. The molecule has 28 heavy (non-hydrogen) atoms. The van der Waals surface area contributed by atoms with E-state index in [-0.39, 0.29) is 18.2 Å². The number of carbonyl (C=O) groups is 3. The Kier molecular flexibility index (Phi) is 4.63. The zero-order valence-corrected chi connectivity index (χ0v) is 15.7. The SMILES string of the molecule is CCC[C@@]1(c2ccccc2)NC(=O)N(CC(=O)c2ccc3c(c2)CCO3)C1=O. The van der Waals surface area contributed by atoms with Crippen molar-refractivity contribution < 1.29 is 19.1 Å². The summed E-state index contributed by atoms with van der Waals surface area (Å²) >= 11 is 0. The van der Waals surface area contributed by atoms with Crippen molar-refractivity contribution in [2.24, 2.45) is 0 Å². The maximum atomic E-state index is 13.3. The minimum Gasteiger partial charge on any atom is -0.493 e. The van der Waals surface area contributed by atoms with Crippen molar-refractivity contribution in [3.05, 3.63) is 65.2 Å². The summed E-state index contributed by atoms with van der Waals surface area (Å²) < 4.78 is 5.46. The van der Waals surface area contributed by atoms with Crippen molar-refractivity contribution in [1.82, 2.24) is 10.2 Å². The van der Waals surface area contributed by atoms with Crippen LogP contribution >= 0.6 is 0 Å². The van der Waals surface area contributed by atoms with E-state index in [1.807, 2.05) is 37.3 Å². The Hall–Kier alpha value is -3.15. The molecule has 1 N–H and O–H groups in total. The van der Waals surface area contributed by atoms with Gasteiger partial charge in [0.05, 0.1) is 13.2 Å². The summed E-state index contributed by atoms with van der Waals surface area (Å²) in [5.74, 6) is 0.152. The first kappa shape index (κ1) is 18.2. The van der Waals surface area contributed by atoms with Crippen LogP contribution in [0.15, 0.2) is 48.5 Å². The number of imide groups is 1. The molecule has 1 saturated heterocycles. The molecule has 2 heterocycles. The number of hydrogen-bond donors (Lipinski definition) is 1. The lowest BCUT2D eigenvalue weighted by molar-refractivity contribution is -0.131. The molecule has 2 aromatic rings. The van der Waals surface area contributed by atoms with Gasteiger partial charge in [-0.2, -0.15) is 0 Å². The van der Waals surface area contributed by atoms with E-state index in [0.29, 0.717) is 25.0 Å². The Balaban J connectivity index is 1.59. The predicted octanol–water partition coefficient (Wildman–Crippen LogP) is 3.05. The van der Waals surface area contributed by atoms with E-state index in [2.05, 4.69) is 5.32 Å². The first-order valence-corrected chi connectivity index (χ1v) is 9.54. The molecule has 4 rings (SSSR count). The second-order valence-electron chi connectivity index (χ2n) is 7.19. The number of benzene rings is 2. The van der Waals surface area contributed by atoms with Crippen molar-refractivity contribution >= 4 is 17.7 Å². The highest BCUT2D eigenvalue weighted by Gasteiger charge is 2.52. The lowest BCUT2D eigenvalue weighted by Crippen LogP contribution is -2.44. The van der Waals surface area contributed by atoms with Crippen LogP contribution in [0.3, 0.4) is 0 Å². The number of ether oxygens (including phenoxy) is 1. The average Bonchev–Trinajstić information content (AvgIpc) is 3.27. The molecule has 0 aromatic heterocycles. The van der Waals surface area contributed by atoms with Crippen LogP contribution in [0.5, 0.6) is 5.75 Å². The van der Waals surface area contributed by atoms with Crippen LogP contribution in [0, 0.1) is 0 Å². The number of urea groups is 1. The predicted molar refractivity (Wildman–Crippen MR) is 103 cm³/mol. The molecule has 0 radical (unpaired) electrons. The van der Waals surface area contributed by atoms with Gasteiger partial charge in [0.1, 0.15) is 11.3 Å². The van der Waals surface area contributed by atoms with Gasteiger partial charge >= 0.3 is 6.03 Å². The second kappa shape index (κ2) is 7.11. The Morgan fingerprint density at radius 2 is 1.96 bits per heavy atom. The molecule has 3 amide bonds. The fourth-order valence-electron chi connectivity index (χ4n) is 3.97. The minimum absolute atomic E-state index is 0.265. The molecule has 0 spiro atoms. The molecule has 2 aliphatic heterocycles. The van der Waals surface area contributed by atoms with Crippen LogP contribution < -0.4 is 10.1 Å². The van der Waals surface area contributed by atoms with Gasteiger partial charge in [-0.05, 0) is 35.7 Å². The number of amides is 3. The fraction of sp³-hybridized carbons (Fsp3) is 0.318. The Morgan fingerprint density at radius 3 is 2.71 bits per heavy atom. The Labute approximate surface area is 163 Å². The molecular formula is C22H22N2O4. The quantitative estimate of drug-likeness (QED) is 0.619. The summed E-state index contributed by atoms with van der Waals surface area (Å²) in [5, 5.41) is 2.85. The zero-order valence-electron chi connectivity index (χ0n) is 15.7. The van der Waals surface area contributed by atoms with Crippen LogP contribution in [-0.2, 0) is 16.8 Å². The number of carbonyl (C=O) groups excluding carboxylic acids is 3. The first-order chi connectivity index (χ1) is 13.5. The topological polar surface area (TPSA) is 75.7 Å². The molecular weight excluding hydrogens is 356 g/mol. The standard InChI is InChI=1S/C22H22N2O4/c1-2-11-22(17-6-4-3-5-7-17)20(26)24(21(27)23-22)14-18(25)15-8-9-19-16(13-15)10-12-28-19/h3-9,13H,2,10-12,14H2,1H3,(H,23,27)/t22-/m0/s1. The first-order valence-electron chi connectivity index (χ1n) is 9.54. The van der Waals surface area contributed by atoms with Gasteiger partial charge in [-0.3, -0.25) is 14.5 Å². The molecule has 2 aliphatic rings. The molecule has 1 fully saturated rings. The van der Waals surface area contributed by atoms with E-state index in [0.717, 1.165) is 28.2 Å². The number of hydrogen-bond acceptors (Lipinski definition) is 4. The van der Waals surface area contributed by atoms with Gasteiger partial charge < -0.3 is 10.1 Å². The van der Waals surface area contributed by atoms with Gasteiger partial charge in [0, 0.05) is 12.0 Å². The van der Waals surface area contributed by atoms with Crippen molar-refractivity contribution in [3.8, 4) is 5.75 Å². The lowest BCUT2D eigenvalue weighted by Gasteiger charge is -2.26. The summed E-state index contributed by atoms with van der Waals surface area (Å²) in [7, 11) is 0. The number of Topliss-reactive ketones (excluding diaryl/α,β-unsaturated/α-hetero) is 1. The van der Waals surface area contributed by atoms with Crippen LogP contribution in [0.25, 0.3) is 0 Å². The smallest absolute Gasteiger partial charge is 0.325 e. The zero-order chi connectivity index (χ0) is 19.7. The summed E-state index contributed by atoms with van der Waals surface area (Å²) in [6.45, 7) is 2.30. The van der Waals surface area contributed by atoms with E-state index in [1.165, 1.54) is 0 Å². The van der Waals surface area contributed by atoms with Gasteiger partial charge in [0.2, 0.25) is 0 Å². The van der Waals surface area contributed by atoms with E-state index in [1.54, 1.807) is 18.2 Å². The molecule has 1 atom stereocenters. The number of rotatable bonds is 6. The average molecular weight is 378 g/mol. The van der Waals surface area contributed by atoms with Crippen LogP contribution in [0.2, 0.25) is 0 Å². The molecule has 0 unspecified atom stereocenters. The molecule has 0 aliphatic carbocycles. The normalized spacial score (nSPS) is 20.7. The highest BCUT2D eigenvalue weighted by atomic mass is 16.5. The third kappa shape index (κ3) is 2.95. The highest BCUT2D eigenvalue weighted by Crippen LogP contribution is 2.34. The fourth-order valence-corrected chi connectivity index (χ4v) is 3.97. The van der Waals surface area contributed by atoms with Gasteiger partial charge in [0.15, 0.2) is 5.78 Å². The van der Waals surface area contributed by atoms with E-state index < -0.39 is 11.6 Å². The van der Waals surface area contributed by atoms with Crippen molar-refractivity contribution in [1.29, 1.82) is 0 Å². The molecule has 6 heteroatoms.